The van der Waals surface area contributed by atoms with Crippen LogP contribution in [0.3, 0.4) is 0 Å². The van der Waals surface area contributed by atoms with E-state index < -0.39 is 30.2 Å². The Morgan fingerprint density at radius 2 is 1.74 bits per heavy atom. The second-order valence-corrected chi connectivity index (χ2v) is 19.5. The Kier molecular flexibility index (Phi) is 11.6. The summed E-state index contributed by atoms with van der Waals surface area (Å²) in [6.45, 7) is 24.8. The molecule has 2 spiro atoms. The zero-order valence-electron chi connectivity index (χ0n) is 35.4. The van der Waals surface area contributed by atoms with Crippen LogP contribution in [0, 0.1) is 50.7 Å². The lowest BCUT2D eigenvalue weighted by Gasteiger charge is -2.64. The molecule has 1 amide bonds. The van der Waals surface area contributed by atoms with E-state index in [2.05, 4.69) is 39.6 Å². The minimum Gasteiger partial charge on any atom is -0.390 e. The first kappa shape index (κ1) is 42.0. The van der Waals surface area contributed by atoms with Crippen molar-refractivity contribution in [3.8, 4) is 0 Å². The third-order valence-corrected chi connectivity index (χ3v) is 16.6. The quantitative estimate of drug-likeness (QED) is 0.279. The average molecular weight is 755 g/mol. The highest BCUT2D eigenvalue weighted by molar-refractivity contribution is 5.78. The maximum Gasteiger partial charge on any atom is 0.227 e. The highest BCUT2D eigenvalue weighted by Crippen LogP contribution is 2.89. The van der Waals surface area contributed by atoms with Crippen molar-refractivity contribution < 1.29 is 34.3 Å². The molecule has 9 nitrogen and oxygen atoms in total. The van der Waals surface area contributed by atoms with Crippen LogP contribution < -0.4 is 0 Å². The highest BCUT2D eigenvalue weighted by Gasteiger charge is 2.84. The zero-order valence-corrected chi connectivity index (χ0v) is 35.4. The van der Waals surface area contributed by atoms with Crippen molar-refractivity contribution in [3.63, 3.8) is 0 Å². The van der Waals surface area contributed by atoms with Gasteiger partial charge in [0.15, 0.2) is 6.29 Å². The predicted molar refractivity (Wildman–Crippen MR) is 210 cm³/mol. The molecule has 7 aliphatic rings. The van der Waals surface area contributed by atoms with Gasteiger partial charge < -0.3 is 34.4 Å². The Morgan fingerprint density at radius 3 is 2.41 bits per heavy atom. The summed E-state index contributed by atoms with van der Waals surface area (Å²) in [5.41, 5.74) is -0.222. The van der Waals surface area contributed by atoms with Crippen molar-refractivity contribution in [1.29, 1.82) is 0 Å². The molecule has 8 rings (SSSR count). The number of fused-ring (bicyclic) bond motifs is 4. The van der Waals surface area contributed by atoms with Crippen LogP contribution >= 0.6 is 0 Å². The Hall–Kier alpha value is -1.62. The van der Waals surface area contributed by atoms with Gasteiger partial charge in [-0.25, -0.2) is 0 Å². The molecule has 0 bridgehead atoms. The van der Waals surface area contributed by atoms with Gasteiger partial charge >= 0.3 is 0 Å². The number of hydrogen-bond donors (Lipinski definition) is 3. The first-order valence-corrected chi connectivity index (χ1v) is 21.7. The van der Waals surface area contributed by atoms with Crippen LogP contribution in [0.15, 0.2) is 24.5 Å². The Morgan fingerprint density at radius 1 is 1.06 bits per heavy atom. The SMILES string of the molecule is CC.CC.C[C@@H]1CC([C@H](O)C(C)(C)O)OC2C1[C@@]1(C)CC[C@@]34C[C@@]35CC[C@H](OC3CN(C(=O)Cc6cccnc6)CCO3)C(C)(C)C5CC[C@H]4[C@]1(C)[C@H]2O. The summed E-state index contributed by atoms with van der Waals surface area (Å²) < 4.78 is 19.7. The van der Waals surface area contributed by atoms with Crippen LogP contribution in [-0.2, 0) is 25.4 Å². The van der Waals surface area contributed by atoms with Crippen molar-refractivity contribution >= 4 is 5.91 Å². The topological polar surface area (TPSA) is 122 Å². The van der Waals surface area contributed by atoms with Crippen LogP contribution in [0.4, 0.5) is 0 Å². The third kappa shape index (κ3) is 6.23. The zero-order chi connectivity index (χ0) is 39.6. The minimum absolute atomic E-state index is 0.0416. The van der Waals surface area contributed by atoms with Crippen LogP contribution in [0.1, 0.15) is 133 Å². The summed E-state index contributed by atoms with van der Waals surface area (Å²) in [5.74, 6) is 1.56. The molecule has 1 aromatic rings. The van der Waals surface area contributed by atoms with E-state index in [0.717, 1.165) is 37.7 Å². The largest absolute Gasteiger partial charge is 0.390 e. The lowest BCUT2D eigenvalue weighted by Crippen LogP contribution is -2.60. The van der Waals surface area contributed by atoms with Crippen molar-refractivity contribution in [3.05, 3.63) is 30.1 Å². The van der Waals surface area contributed by atoms with Gasteiger partial charge in [-0.1, -0.05) is 68.4 Å². The van der Waals surface area contributed by atoms with Crippen molar-refractivity contribution in [2.24, 2.45) is 50.7 Å². The molecule has 0 aromatic carbocycles. The standard InChI is InChI=1S/C41H62N2O7.2C2H6/c1-24-19-26(34(45)37(4,5)47)49-33-32(24)38(6)14-15-41-23-40(41)13-12-29(36(2,3)27(40)10-11-28(41)39(38,7)35(33)46)50-31-22-43(17-18-48-31)30(44)20-25-9-8-16-42-21-25;2*1-2/h8-9,16,21,24,26-29,31-35,45-47H,10-15,17-20,22-23H2,1-7H3;2*1-2H3/t24-,26?,27?,28+,29+,31?,32?,33?,34+,35+,38-,39-,40-,41+;;/m1../s1. The summed E-state index contributed by atoms with van der Waals surface area (Å²) >= 11 is 0. The first-order chi connectivity index (χ1) is 25.5. The summed E-state index contributed by atoms with van der Waals surface area (Å²) in [6, 6.07) is 3.82. The van der Waals surface area contributed by atoms with Gasteiger partial charge in [-0.2, -0.15) is 0 Å². The van der Waals surface area contributed by atoms with Crippen LogP contribution in [0.2, 0.25) is 0 Å². The first-order valence-electron chi connectivity index (χ1n) is 21.7. The second-order valence-electron chi connectivity index (χ2n) is 19.5. The van der Waals surface area contributed by atoms with Gasteiger partial charge in [0.05, 0.1) is 49.6 Å². The van der Waals surface area contributed by atoms with Gasteiger partial charge in [0.25, 0.3) is 0 Å². The van der Waals surface area contributed by atoms with Crippen molar-refractivity contribution in [2.75, 3.05) is 19.7 Å². The Labute approximate surface area is 326 Å². The van der Waals surface area contributed by atoms with Crippen molar-refractivity contribution in [2.45, 2.75) is 176 Å². The number of rotatable bonds is 6. The fraction of sp³-hybridized carbons (Fsp3) is 0.867. The Bertz CT molecular complexity index is 1470. The molecule has 54 heavy (non-hydrogen) atoms. The molecule has 5 aliphatic carbocycles. The van der Waals surface area contributed by atoms with Gasteiger partial charge in [-0.15, -0.1) is 0 Å². The summed E-state index contributed by atoms with van der Waals surface area (Å²) in [6.07, 6.45) is 9.65. The summed E-state index contributed by atoms with van der Waals surface area (Å²) in [4.78, 5) is 19.2. The molecular weight excluding hydrogens is 681 g/mol. The number of aliphatic hydroxyl groups is 3. The van der Waals surface area contributed by atoms with Gasteiger partial charge in [-0.3, -0.25) is 9.78 Å². The molecular formula is C45H74N2O7. The van der Waals surface area contributed by atoms with Gasteiger partial charge in [0, 0.05) is 24.4 Å². The van der Waals surface area contributed by atoms with Gasteiger partial charge in [0.1, 0.15) is 6.10 Å². The van der Waals surface area contributed by atoms with Gasteiger partial charge in [0.2, 0.25) is 5.91 Å². The molecule has 5 saturated carbocycles. The number of pyridine rings is 1. The third-order valence-electron chi connectivity index (χ3n) is 16.6. The number of carbonyl (C=O) groups is 1. The van der Waals surface area contributed by atoms with E-state index in [1.165, 1.54) is 12.8 Å². The fourth-order valence-electron chi connectivity index (χ4n) is 14.1. The number of aliphatic hydroxyl groups excluding tert-OH is 2. The number of hydrogen-bond acceptors (Lipinski definition) is 8. The highest BCUT2D eigenvalue weighted by atomic mass is 16.7. The predicted octanol–water partition coefficient (Wildman–Crippen LogP) is 7.19. The monoisotopic (exact) mass is 755 g/mol. The molecule has 306 valence electrons. The maximum atomic E-state index is 13.2. The van der Waals surface area contributed by atoms with E-state index in [4.69, 9.17) is 14.2 Å². The normalized spacial score (nSPS) is 45.0. The van der Waals surface area contributed by atoms with E-state index in [-0.39, 0.29) is 57.0 Å². The Balaban J connectivity index is 0.00000120. The van der Waals surface area contributed by atoms with E-state index in [0.29, 0.717) is 44.4 Å². The maximum absolute atomic E-state index is 13.2. The molecule has 5 unspecified atom stereocenters. The van der Waals surface area contributed by atoms with E-state index in [1.807, 2.05) is 44.7 Å². The molecule has 1 aromatic heterocycles. The lowest BCUT2D eigenvalue weighted by molar-refractivity contribution is -0.248. The number of carbonyl (C=O) groups excluding carboxylic acids is 1. The van der Waals surface area contributed by atoms with E-state index >= 15 is 0 Å². The van der Waals surface area contributed by atoms with E-state index in [1.54, 1.807) is 26.2 Å². The fourth-order valence-corrected chi connectivity index (χ4v) is 14.1. The molecule has 14 atom stereocenters. The molecule has 2 saturated heterocycles. The van der Waals surface area contributed by atoms with Crippen molar-refractivity contribution in [1.82, 2.24) is 9.88 Å². The number of ether oxygens (including phenoxy) is 3. The smallest absolute Gasteiger partial charge is 0.227 e. The molecule has 7 fully saturated rings. The van der Waals surface area contributed by atoms with Crippen LogP contribution in [0.25, 0.3) is 0 Å². The molecule has 3 N–H and O–H groups in total. The van der Waals surface area contributed by atoms with Crippen LogP contribution in [-0.4, -0.2) is 93.2 Å². The number of morpholine rings is 1. The second kappa shape index (κ2) is 15.0. The summed E-state index contributed by atoms with van der Waals surface area (Å²) in [5, 5.41) is 34.2. The van der Waals surface area contributed by atoms with Crippen LogP contribution in [0.5, 0.6) is 0 Å². The molecule has 3 heterocycles. The van der Waals surface area contributed by atoms with Gasteiger partial charge in [-0.05, 0) is 122 Å². The number of aromatic nitrogens is 1. The lowest BCUT2D eigenvalue weighted by atomic mass is 9.41. The average Bonchev–Trinajstić information content (AvgIpc) is 3.79. The molecule has 0 radical (unpaired) electrons. The number of nitrogens with zero attached hydrogens (tertiary/aromatic N) is 2. The minimum atomic E-state index is -1.26. The van der Waals surface area contributed by atoms with E-state index in [9.17, 15) is 20.1 Å². The summed E-state index contributed by atoms with van der Waals surface area (Å²) in [7, 11) is 0. The number of amides is 1. The molecule has 2 aliphatic heterocycles. The molecule has 9 heteroatoms.